The predicted octanol–water partition coefficient (Wildman–Crippen LogP) is 1.90. The molecule has 0 aliphatic carbocycles. The van der Waals surface area contributed by atoms with Crippen LogP contribution < -0.4 is 5.32 Å². The van der Waals surface area contributed by atoms with Gasteiger partial charge < -0.3 is 10.4 Å². The molecule has 0 radical (unpaired) electrons. The van der Waals surface area contributed by atoms with Gasteiger partial charge in [-0.25, -0.2) is 13.2 Å². The van der Waals surface area contributed by atoms with Crippen LogP contribution in [-0.4, -0.2) is 48.8 Å². The summed E-state index contributed by atoms with van der Waals surface area (Å²) in [7, 11) is -3.68. The summed E-state index contributed by atoms with van der Waals surface area (Å²) in [5, 5.41) is 12.1. The van der Waals surface area contributed by atoms with Crippen molar-refractivity contribution in [2.75, 3.05) is 13.1 Å². The fraction of sp³-hybridized carbons (Fsp3) is 0.333. The maximum atomic E-state index is 12.8. The molecule has 8 heteroatoms. The Balaban J connectivity index is 1.68. The Morgan fingerprint density at radius 2 is 1.69 bits per heavy atom. The molecular formula is C21H24N2O5S. The fourth-order valence-corrected chi connectivity index (χ4v) is 5.00. The molecule has 1 aliphatic rings. The minimum Gasteiger partial charge on any atom is -0.480 e. The van der Waals surface area contributed by atoms with Crippen molar-refractivity contribution in [3.63, 3.8) is 0 Å². The molecule has 3 rings (SSSR count). The molecule has 1 amide bonds. The van der Waals surface area contributed by atoms with E-state index in [0.717, 1.165) is 5.56 Å². The molecule has 7 nitrogen and oxygen atoms in total. The number of hydrogen-bond donors (Lipinski definition) is 2. The summed E-state index contributed by atoms with van der Waals surface area (Å²) in [6.07, 6.45) is 1.23. The maximum Gasteiger partial charge on any atom is 0.326 e. The third-order valence-corrected chi connectivity index (χ3v) is 6.91. The van der Waals surface area contributed by atoms with Crippen LogP contribution in [0.1, 0.15) is 18.4 Å². The largest absolute Gasteiger partial charge is 0.480 e. The molecule has 2 aromatic carbocycles. The molecule has 1 heterocycles. The Hall–Kier alpha value is -2.71. The predicted molar refractivity (Wildman–Crippen MR) is 108 cm³/mol. The average Bonchev–Trinajstić information content (AvgIpc) is 2.74. The zero-order chi connectivity index (χ0) is 20.9. The van der Waals surface area contributed by atoms with Crippen LogP contribution in [0.15, 0.2) is 65.6 Å². The molecule has 29 heavy (non-hydrogen) atoms. The monoisotopic (exact) mass is 416 g/mol. The van der Waals surface area contributed by atoms with E-state index in [2.05, 4.69) is 5.32 Å². The van der Waals surface area contributed by atoms with Crippen molar-refractivity contribution in [2.45, 2.75) is 30.2 Å². The van der Waals surface area contributed by atoms with Crippen molar-refractivity contribution in [2.24, 2.45) is 5.92 Å². The Labute approximate surface area is 170 Å². The maximum absolute atomic E-state index is 12.8. The first kappa shape index (κ1) is 21.0. The number of amides is 1. The van der Waals surface area contributed by atoms with Gasteiger partial charge in [0.05, 0.1) is 10.8 Å². The van der Waals surface area contributed by atoms with Crippen LogP contribution in [0.4, 0.5) is 0 Å². The number of aliphatic carboxylic acids is 1. The number of carbonyl (C=O) groups is 2. The molecule has 1 aliphatic heterocycles. The first-order chi connectivity index (χ1) is 13.9. The van der Waals surface area contributed by atoms with E-state index in [0.29, 0.717) is 19.4 Å². The summed E-state index contributed by atoms with van der Waals surface area (Å²) in [5.74, 6) is -2.13. The van der Waals surface area contributed by atoms with Gasteiger partial charge in [0.1, 0.15) is 6.04 Å². The number of nitrogens with one attached hydrogen (secondary N) is 1. The van der Waals surface area contributed by atoms with Crippen molar-refractivity contribution in [1.29, 1.82) is 0 Å². The second kappa shape index (κ2) is 9.19. The quantitative estimate of drug-likeness (QED) is 0.717. The van der Waals surface area contributed by atoms with Crippen LogP contribution >= 0.6 is 0 Å². The molecule has 0 bridgehead atoms. The highest BCUT2D eigenvalue weighted by Gasteiger charge is 2.34. The van der Waals surface area contributed by atoms with E-state index in [1.165, 1.54) is 16.4 Å². The van der Waals surface area contributed by atoms with Crippen molar-refractivity contribution < 1.29 is 23.1 Å². The molecule has 1 saturated heterocycles. The van der Waals surface area contributed by atoms with E-state index >= 15 is 0 Å². The van der Waals surface area contributed by atoms with Gasteiger partial charge in [0.2, 0.25) is 15.9 Å². The zero-order valence-corrected chi connectivity index (χ0v) is 16.7. The number of benzene rings is 2. The van der Waals surface area contributed by atoms with Gasteiger partial charge in [-0.2, -0.15) is 4.31 Å². The number of hydrogen-bond acceptors (Lipinski definition) is 4. The van der Waals surface area contributed by atoms with Gasteiger partial charge in [0, 0.05) is 19.5 Å². The Bertz CT molecular complexity index is 948. The lowest BCUT2D eigenvalue weighted by Gasteiger charge is -2.31. The van der Waals surface area contributed by atoms with Crippen LogP contribution in [0, 0.1) is 5.92 Å². The number of carbonyl (C=O) groups excluding carboxylic acids is 1. The SMILES string of the molecule is O=C(N[C@@H](Cc1ccccc1)C(=O)O)[C@@H]1CCCN(S(=O)(=O)c2ccccc2)C1. The molecule has 0 aromatic heterocycles. The number of rotatable bonds is 7. The number of carboxylic acids is 1. The van der Waals surface area contributed by atoms with Crippen LogP contribution in [0.25, 0.3) is 0 Å². The molecule has 0 saturated carbocycles. The van der Waals surface area contributed by atoms with E-state index in [-0.39, 0.29) is 17.9 Å². The number of sulfonamides is 1. The second-order valence-electron chi connectivity index (χ2n) is 7.10. The number of piperidine rings is 1. The van der Waals surface area contributed by atoms with Crippen molar-refractivity contribution >= 4 is 21.9 Å². The minimum absolute atomic E-state index is 0.0424. The summed E-state index contributed by atoms with van der Waals surface area (Å²) in [4.78, 5) is 24.5. The average molecular weight is 416 g/mol. The van der Waals surface area contributed by atoms with Gasteiger partial charge in [0.25, 0.3) is 0 Å². The lowest BCUT2D eigenvalue weighted by Crippen LogP contribution is -2.50. The van der Waals surface area contributed by atoms with Gasteiger partial charge in [-0.15, -0.1) is 0 Å². The summed E-state index contributed by atoms with van der Waals surface area (Å²) < 4.78 is 27.0. The molecule has 0 unspecified atom stereocenters. The first-order valence-corrected chi connectivity index (χ1v) is 10.9. The second-order valence-corrected chi connectivity index (χ2v) is 9.04. The topological polar surface area (TPSA) is 104 Å². The van der Waals surface area contributed by atoms with Crippen LogP contribution in [0.5, 0.6) is 0 Å². The van der Waals surface area contributed by atoms with E-state index in [4.69, 9.17) is 0 Å². The third kappa shape index (κ3) is 5.21. The highest BCUT2D eigenvalue weighted by atomic mass is 32.2. The first-order valence-electron chi connectivity index (χ1n) is 9.50. The van der Waals surface area contributed by atoms with Crippen LogP contribution in [0.3, 0.4) is 0 Å². The molecule has 2 atom stereocenters. The van der Waals surface area contributed by atoms with Gasteiger partial charge in [-0.3, -0.25) is 4.79 Å². The van der Waals surface area contributed by atoms with Crippen molar-refractivity contribution in [1.82, 2.24) is 9.62 Å². The Morgan fingerprint density at radius 1 is 1.07 bits per heavy atom. The summed E-state index contributed by atoms with van der Waals surface area (Å²) >= 11 is 0. The van der Waals surface area contributed by atoms with E-state index < -0.39 is 33.9 Å². The molecule has 0 spiro atoms. The van der Waals surface area contributed by atoms with Crippen molar-refractivity contribution in [3.05, 3.63) is 66.2 Å². The molecule has 1 fully saturated rings. The highest BCUT2D eigenvalue weighted by Crippen LogP contribution is 2.24. The van der Waals surface area contributed by atoms with E-state index in [9.17, 15) is 23.1 Å². The fourth-order valence-electron chi connectivity index (χ4n) is 3.46. The van der Waals surface area contributed by atoms with E-state index in [1.807, 2.05) is 18.2 Å². The molecule has 2 aromatic rings. The lowest BCUT2D eigenvalue weighted by atomic mass is 9.97. The summed E-state index contributed by atoms with van der Waals surface area (Å²) in [6.45, 7) is 0.383. The number of nitrogens with zero attached hydrogens (tertiary/aromatic N) is 1. The standard InChI is InChI=1S/C21H24N2O5S/c24-20(22-19(21(25)26)14-16-8-3-1-4-9-16)17-10-7-13-23(15-17)29(27,28)18-11-5-2-6-12-18/h1-6,8-9,11-12,17,19H,7,10,13-15H2,(H,22,24)(H,25,26)/t17-,19+/m1/s1. The van der Waals surface area contributed by atoms with Crippen LogP contribution in [-0.2, 0) is 26.0 Å². The van der Waals surface area contributed by atoms with Gasteiger partial charge in [0.15, 0.2) is 0 Å². The molecule has 154 valence electrons. The van der Waals surface area contributed by atoms with Gasteiger partial charge >= 0.3 is 5.97 Å². The molecular weight excluding hydrogens is 392 g/mol. The van der Waals surface area contributed by atoms with Crippen molar-refractivity contribution in [3.8, 4) is 0 Å². The normalized spacial score (nSPS) is 18.7. The minimum atomic E-state index is -3.68. The zero-order valence-electron chi connectivity index (χ0n) is 15.9. The third-order valence-electron chi connectivity index (χ3n) is 5.03. The van der Waals surface area contributed by atoms with Gasteiger partial charge in [-0.1, -0.05) is 48.5 Å². The lowest BCUT2D eigenvalue weighted by molar-refractivity contribution is -0.142. The molecule has 2 N–H and O–H groups in total. The smallest absolute Gasteiger partial charge is 0.326 e. The van der Waals surface area contributed by atoms with Crippen LogP contribution in [0.2, 0.25) is 0 Å². The highest BCUT2D eigenvalue weighted by molar-refractivity contribution is 7.89. The number of carboxylic acid groups (broad SMARTS) is 1. The Kier molecular flexibility index (Phi) is 6.66. The summed E-state index contributed by atoms with van der Waals surface area (Å²) in [6, 6.07) is 16.1. The Morgan fingerprint density at radius 3 is 2.31 bits per heavy atom. The van der Waals surface area contributed by atoms with E-state index in [1.54, 1.807) is 30.3 Å². The summed E-state index contributed by atoms with van der Waals surface area (Å²) in [5.41, 5.74) is 0.803. The van der Waals surface area contributed by atoms with Gasteiger partial charge in [-0.05, 0) is 30.5 Å².